The molecular formula is C14H16N2OS. The van der Waals surface area contributed by atoms with E-state index in [0.29, 0.717) is 6.61 Å². The van der Waals surface area contributed by atoms with Crippen molar-refractivity contribution in [2.24, 2.45) is 0 Å². The third-order valence-corrected chi connectivity index (χ3v) is 4.17. The summed E-state index contributed by atoms with van der Waals surface area (Å²) in [6.45, 7) is 5.72. The van der Waals surface area contributed by atoms with Crippen LogP contribution < -0.4 is 10.1 Å². The number of rotatable bonds is 3. The highest BCUT2D eigenvalue weighted by atomic mass is 32.1. The van der Waals surface area contributed by atoms with Crippen molar-refractivity contribution in [2.75, 3.05) is 11.9 Å². The van der Waals surface area contributed by atoms with E-state index in [1.54, 1.807) is 11.3 Å². The van der Waals surface area contributed by atoms with E-state index in [-0.39, 0.29) is 0 Å². The third-order valence-electron chi connectivity index (χ3n) is 3.08. The molecule has 0 bridgehead atoms. The molecule has 0 fully saturated rings. The van der Waals surface area contributed by atoms with Crippen LogP contribution in [0.5, 0.6) is 5.75 Å². The van der Waals surface area contributed by atoms with E-state index in [0.717, 1.165) is 29.5 Å². The van der Waals surface area contributed by atoms with Crippen LogP contribution in [0.2, 0.25) is 0 Å². The maximum absolute atomic E-state index is 5.86. The van der Waals surface area contributed by atoms with E-state index in [1.165, 1.54) is 16.0 Å². The summed E-state index contributed by atoms with van der Waals surface area (Å²) in [6, 6.07) is 6.27. The Labute approximate surface area is 111 Å². The highest BCUT2D eigenvalue weighted by molar-refractivity contribution is 7.12. The van der Waals surface area contributed by atoms with Gasteiger partial charge in [0.05, 0.1) is 4.88 Å². The number of anilines is 1. The van der Waals surface area contributed by atoms with Crippen LogP contribution in [0, 0.1) is 13.8 Å². The molecule has 1 aromatic carbocycles. The molecule has 1 aromatic heterocycles. The largest absolute Gasteiger partial charge is 0.486 e. The predicted molar refractivity (Wildman–Crippen MR) is 74.6 cm³/mol. The number of ether oxygens (including phenoxy) is 1. The van der Waals surface area contributed by atoms with Crippen LogP contribution in [-0.4, -0.2) is 11.5 Å². The topological polar surface area (TPSA) is 34.1 Å². The average molecular weight is 260 g/mol. The molecule has 3 rings (SSSR count). The Kier molecular flexibility index (Phi) is 2.96. The van der Waals surface area contributed by atoms with Gasteiger partial charge in [-0.3, -0.25) is 0 Å². The average Bonchev–Trinajstić information content (AvgIpc) is 2.90. The Bertz CT molecular complexity index is 556. The summed E-state index contributed by atoms with van der Waals surface area (Å²) in [7, 11) is 0. The maximum Gasteiger partial charge on any atom is 0.140 e. The summed E-state index contributed by atoms with van der Waals surface area (Å²) in [4.78, 5) is 5.90. The number of hydrogen-bond acceptors (Lipinski definition) is 4. The molecule has 0 unspecified atom stereocenters. The number of fused-ring (bicyclic) bond motifs is 1. The van der Waals surface area contributed by atoms with Crippen LogP contribution in [0.1, 0.15) is 21.0 Å². The van der Waals surface area contributed by atoms with Gasteiger partial charge in [-0.15, -0.1) is 11.3 Å². The first kappa shape index (κ1) is 11.5. The molecule has 0 atom stereocenters. The van der Waals surface area contributed by atoms with Crippen LogP contribution in [0.25, 0.3) is 0 Å². The zero-order valence-corrected chi connectivity index (χ0v) is 11.4. The number of aromatic nitrogens is 1. The van der Waals surface area contributed by atoms with Crippen molar-refractivity contribution in [2.45, 2.75) is 26.9 Å². The molecular weight excluding hydrogens is 244 g/mol. The van der Waals surface area contributed by atoms with Gasteiger partial charge in [0, 0.05) is 13.0 Å². The van der Waals surface area contributed by atoms with Gasteiger partial charge in [-0.1, -0.05) is 12.1 Å². The first-order chi connectivity index (χ1) is 8.72. The van der Waals surface area contributed by atoms with Crippen LogP contribution in [0.4, 0.5) is 5.82 Å². The molecule has 3 nitrogen and oxygen atoms in total. The van der Waals surface area contributed by atoms with E-state index in [2.05, 4.69) is 42.3 Å². The zero-order chi connectivity index (χ0) is 12.5. The SMILES string of the molecule is Cc1ccc(C)c(OCc2nc3c(s2)CCN3)c1. The van der Waals surface area contributed by atoms with Crippen molar-refractivity contribution in [1.29, 1.82) is 0 Å². The Morgan fingerprint density at radius 3 is 3.11 bits per heavy atom. The zero-order valence-electron chi connectivity index (χ0n) is 10.6. The van der Waals surface area contributed by atoms with Gasteiger partial charge in [0.15, 0.2) is 0 Å². The Morgan fingerprint density at radius 1 is 1.39 bits per heavy atom. The lowest BCUT2D eigenvalue weighted by Crippen LogP contribution is -1.99. The van der Waals surface area contributed by atoms with E-state index >= 15 is 0 Å². The van der Waals surface area contributed by atoms with Crippen molar-refractivity contribution >= 4 is 17.2 Å². The van der Waals surface area contributed by atoms with Crippen LogP contribution in [-0.2, 0) is 13.0 Å². The van der Waals surface area contributed by atoms with Gasteiger partial charge in [0.1, 0.15) is 23.2 Å². The highest BCUT2D eigenvalue weighted by Crippen LogP contribution is 2.29. The normalized spacial score (nSPS) is 13.2. The van der Waals surface area contributed by atoms with Gasteiger partial charge in [-0.2, -0.15) is 0 Å². The van der Waals surface area contributed by atoms with Gasteiger partial charge >= 0.3 is 0 Å². The molecule has 94 valence electrons. The lowest BCUT2D eigenvalue weighted by molar-refractivity contribution is 0.303. The monoisotopic (exact) mass is 260 g/mol. The standard InChI is InChI=1S/C14H16N2OS/c1-9-3-4-10(2)11(7-9)17-8-13-16-14-12(18-13)5-6-15-14/h3-4,7,15H,5-6,8H2,1-2H3. The molecule has 1 aliphatic heterocycles. The summed E-state index contributed by atoms with van der Waals surface area (Å²) >= 11 is 1.75. The Hall–Kier alpha value is -1.55. The molecule has 2 aromatic rings. The van der Waals surface area contributed by atoms with Gasteiger partial charge in [-0.05, 0) is 31.0 Å². The molecule has 1 N–H and O–H groups in total. The van der Waals surface area contributed by atoms with Crippen molar-refractivity contribution in [1.82, 2.24) is 4.98 Å². The fourth-order valence-corrected chi connectivity index (χ4v) is 3.02. The van der Waals surface area contributed by atoms with Gasteiger partial charge in [0.2, 0.25) is 0 Å². The summed E-state index contributed by atoms with van der Waals surface area (Å²) in [5.74, 6) is 2.01. The lowest BCUT2D eigenvalue weighted by atomic mass is 10.1. The third kappa shape index (κ3) is 2.20. The second-order valence-corrected chi connectivity index (χ2v) is 5.78. The van der Waals surface area contributed by atoms with E-state index in [4.69, 9.17) is 4.74 Å². The number of aryl methyl sites for hydroxylation is 2. The molecule has 0 saturated carbocycles. The summed E-state index contributed by atoms with van der Waals surface area (Å²) in [5.41, 5.74) is 2.39. The maximum atomic E-state index is 5.86. The fraction of sp³-hybridized carbons (Fsp3) is 0.357. The quantitative estimate of drug-likeness (QED) is 0.919. The van der Waals surface area contributed by atoms with Crippen LogP contribution >= 0.6 is 11.3 Å². The van der Waals surface area contributed by atoms with Gasteiger partial charge < -0.3 is 10.1 Å². The van der Waals surface area contributed by atoms with E-state index < -0.39 is 0 Å². The molecule has 0 aliphatic carbocycles. The smallest absolute Gasteiger partial charge is 0.140 e. The second kappa shape index (κ2) is 4.61. The van der Waals surface area contributed by atoms with Crippen molar-refractivity contribution < 1.29 is 4.74 Å². The van der Waals surface area contributed by atoms with Crippen LogP contribution in [0.3, 0.4) is 0 Å². The first-order valence-electron chi connectivity index (χ1n) is 6.15. The molecule has 0 amide bonds. The molecule has 0 spiro atoms. The van der Waals surface area contributed by atoms with Crippen LogP contribution in [0.15, 0.2) is 18.2 Å². The predicted octanol–water partition coefficient (Wildman–Crippen LogP) is 3.31. The minimum Gasteiger partial charge on any atom is -0.486 e. The van der Waals surface area contributed by atoms with Crippen molar-refractivity contribution in [3.05, 3.63) is 39.2 Å². The number of thiazole rings is 1. The number of nitrogens with one attached hydrogen (secondary N) is 1. The second-order valence-electron chi connectivity index (χ2n) is 4.61. The first-order valence-corrected chi connectivity index (χ1v) is 6.96. The van der Waals surface area contributed by atoms with Gasteiger partial charge in [-0.25, -0.2) is 4.98 Å². The van der Waals surface area contributed by atoms with E-state index in [9.17, 15) is 0 Å². The van der Waals surface area contributed by atoms with E-state index in [1.807, 2.05) is 0 Å². The molecule has 18 heavy (non-hydrogen) atoms. The molecule has 1 aliphatic rings. The summed E-state index contributed by atoms with van der Waals surface area (Å²) < 4.78 is 5.86. The molecule has 4 heteroatoms. The molecule has 0 radical (unpaired) electrons. The van der Waals surface area contributed by atoms with Gasteiger partial charge in [0.25, 0.3) is 0 Å². The highest BCUT2D eigenvalue weighted by Gasteiger charge is 2.16. The number of benzene rings is 1. The molecule has 2 heterocycles. The summed E-state index contributed by atoms with van der Waals surface area (Å²) in [5, 5.41) is 4.33. The fourth-order valence-electron chi connectivity index (χ4n) is 2.07. The minimum atomic E-state index is 0.559. The van der Waals surface area contributed by atoms with Crippen molar-refractivity contribution in [3.63, 3.8) is 0 Å². The Balaban J connectivity index is 1.71. The lowest BCUT2D eigenvalue weighted by Gasteiger charge is -2.08. The minimum absolute atomic E-state index is 0.559. The number of nitrogens with zero attached hydrogens (tertiary/aromatic N) is 1. The van der Waals surface area contributed by atoms with Crippen molar-refractivity contribution in [3.8, 4) is 5.75 Å². The molecule has 0 saturated heterocycles. The Morgan fingerprint density at radius 2 is 2.28 bits per heavy atom. The summed E-state index contributed by atoms with van der Waals surface area (Å²) in [6.07, 6.45) is 1.09. The number of hydrogen-bond donors (Lipinski definition) is 1.